The van der Waals surface area contributed by atoms with E-state index in [4.69, 9.17) is 0 Å². The highest BCUT2D eigenvalue weighted by Crippen LogP contribution is 2.27. The van der Waals surface area contributed by atoms with Gasteiger partial charge in [0.2, 0.25) is 5.91 Å². The van der Waals surface area contributed by atoms with Gasteiger partial charge < -0.3 is 10.4 Å². The minimum absolute atomic E-state index is 0.257. The summed E-state index contributed by atoms with van der Waals surface area (Å²) in [5.74, 6) is -0.672. The van der Waals surface area contributed by atoms with Crippen LogP contribution in [0, 0.1) is 5.82 Å². The number of carbonyl (C=O) groups is 1. The molecule has 1 aliphatic carbocycles. The van der Waals surface area contributed by atoms with Crippen molar-refractivity contribution in [1.29, 1.82) is 0 Å². The van der Waals surface area contributed by atoms with Crippen molar-refractivity contribution < 1.29 is 14.3 Å². The van der Waals surface area contributed by atoms with Gasteiger partial charge in [-0.15, -0.1) is 0 Å². The molecule has 108 valence electrons. The van der Waals surface area contributed by atoms with Crippen molar-refractivity contribution >= 4 is 12.0 Å². The number of hydrogen-bond donors (Lipinski definition) is 2. The van der Waals surface area contributed by atoms with E-state index >= 15 is 0 Å². The second-order valence-electron chi connectivity index (χ2n) is 5.36. The maximum Gasteiger partial charge on any atom is 0.244 e. The number of benzene rings is 1. The summed E-state index contributed by atoms with van der Waals surface area (Å²) >= 11 is 0. The molecule has 4 heteroatoms. The minimum Gasteiger partial charge on any atom is -0.388 e. The van der Waals surface area contributed by atoms with E-state index in [1.807, 2.05) is 0 Å². The van der Waals surface area contributed by atoms with Crippen molar-refractivity contribution in [3.63, 3.8) is 0 Å². The van der Waals surface area contributed by atoms with Crippen molar-refractivity contribution in [2.75, 3.05) is 6.54 Å². The van der Waals surface area contributed by atoms with Crippen LogP contribution < -0.4 is 5.32 Å². The fourth-order valence-corrected chi connectivity index (χ4v) is 2.47. The number of amides is 1. The molecule has 0 aliphatic heterocycles. The highest BCUT2D eigenvalue weighted by Gasteiger charge is 2.29. The smallest absolute Gasteiger partial charge is 0.244 e. The Labute approximate surface area is 118 Å². The lowest BCUT2D eigenvalue weighted by Gasteiger charge is -2.31. The highest BCUT2D eigenvalue weighted by molar-refractivity contribution is 5.91. The Morgan fingerprint density at radius 1 is 1.30 bits per heavy atom. The van der Waals surface area contributed by atoms with Crippen LogP contribution in [-0.4, -0.2) is 23.2 Å². The van der Waals surface area contributed by atoms with Gasteiger partial charge in [0, 0.05) is 18.2 Å². The molecule has 2 rings (SSSR count). The zero-order valence-electron chi connectivity index (χ0n) is 11.4. The van der Waals surface area contributed by atoms with E-state index in [2.05, 4.69) is 5.32 Å². The Morgan fingerprint density at radius 3 is 2.70 bits per heavy atom. The van der Waals surface area contributed by atoms with Crippen LogP contribution in [0.3, 0.4) is 0 Å². The Bertz CT molecular complexity index is 493. The lowest BCUT2D eigenvalue weighted by atomic mass is 9.85. The average Bonchev–Trinajstić information content (AvgIpc) is 2.45. The zero-order valence-corrected chi connectivity index (χ0v) is 11.4. The van der Waals surface area contributed by atoms with Gasteiger partial charge in [0.15, 0.2) is 0 Å². The summed E-state index contributed by atoms with van der Waals surface area (Å²) in [6.45, 7) is 0.257. The molecular formula is C16H20FNO2. The third-order valence-corrected chi connectivity index (χ3v) is 3.70. The molecule has 0 atom stereocenters. The van der Waals surface area contributed by atoms with Crippen LogP contribution in [0.1, 0.15) is 37.7 Å². The predicted octanol–water partition coefficient (Wildman–Crippen LogP) is 2.65. The normalized spacial score (nSPS) is 18.1. The molecular weight excluding hydrogens is 257 g/mol. The van der Waals surface area contributed by atoms with Gasteiger partial charge in [0.25, 0.3) is 0 Å². The summed E-state index contributed by atoms with van der Waals surface area (Å²) in [7, 11) is 0. The van der Waals surface area contributed by atoms with E-state index < -0.39 is 5.60 Å². The van der Waals surface area contributed by atoms with Crippen molar-refractivity contribution in [1.82, 2.24) is 5.32 Å². The van der Waals surface area contributed by atoms with Crippen LogP contribution in [0.5, 0.6) is 0 Å². The predicted molar refractivity (Wildman–Crippen MR) is 76.5 cm³/mol. The van der Waals surface area contributed by atoms with Gasteiger partial charge in [-0.1, -0.05) is 37.5 Å². The van der Waals surface area contributed by atoms with E-state index in [9.17, 15) is 14.3 Å². The molecule has 0 saturated heterocycles. The summed E-state index contributed by atoms with van der Waals surface area (Å²) in [5.41, 5.74) is -0.404. The second kappa shape index (κ2) is 6.66. The highest BCUT2D eigenvalue weighted by atomic mass is 19.1. The molecule has 1 aromatic carbocycles. The van der Waals surface area contributed by atoms with E-state index in [0.717, 1.165) is 32.1 Å². The Balaban J connectivity index is 1.85. The first-order valence-electron chi connectivity index (χ1n) is 7.02. The van der Waals surface area contributed by atoms with E-state index in [0.29, 0.717) is 5.56 Å². The third kappa shape index (κ3) is 4.17. The van der Waals surface area contributed by atoms with Gasteiger partial charge in [-0.25, -0.2) is 4.39 Å². The maximum atomic E-state index is 13.4. The SMILES string of the molecule is O=C(C=Cc1ccccc1F)NCC1(O)CCCCC1. The Morgan fingerprint density at radius 2 is 2.00 bits per heavy atom. The van der Waals surface area contributed by atoms with Crippen molar-refractivity contribution in [2.24, 2.45) is 0 Å². The molecule has 1 aromatic rings. The van der Waals surface area contributed by atoms with E-state index in [1.165, 1.54) is 18.2 Å². The second-order valence-corrected chi connectivity index (χ2v) is 5.36. The van der Waals surface area contributed by atoms with Crippen LogP contribution in [0.4, 0.5) is 4.39 Å². The number of nitrogens with one attached hydrogen (secondary N) is 1. The van der Waals surface area contributed by atoms with Crippen LogP contribution in [0.25, 0.3) is 6.08 Å². The first-order valence-corrected chi connectivity index (χ1v) is 7.02. The lowest BCUT2D eigenvalue weighted by Crippen LogP contribution is -2.43. The van der Waals surface area contributed by atoms with Gasteiger partial charge >= 0.3 is 0 Å². The van der Waals surface area contributed by atoms with Crippen LogP contribution >= 0.6 is 0 Å². The Hall–Kier alpha value is -1.68. The number of hydrogen-bond acceptors (Lipinski definition) is 2. The molecule has 0 radical (unpaired) electrons. The lowest BCUT2D eigenvalue weighted by molar-refractivity contribution is -0.118. The fraction of sp³-hybridized carbons (Fsp3) is 0.438. The summed E-state index contributed by atoms with van der Waals surface area (Å²) in [5, 5.41) is 12.9. The topological polar surface area (TPSA) is 49.3 Å². The summed E-state index contributed by atoms with van der Waals surface area (Å²) in [4.78, 5) is 11.7. The molecule has 0 heterocycles. The summed E-state index contributed by atoms with van der Waals surface area (Å²) in [6.07, 6.45) is 7.33. The molecule has 0 bridgehead atoms. The molecule has 0 unspecified atom stereocenters. The molecule has 3 nitrogen and oxygen atoms in total. The van der Waals surface area contributed by atoms with Gasteiger partial charge in [-0.3, -0.25) is 4.79 Å². The van der Waals surface area contributed by atoms with Gasteiger partial charge in [-0.05, 0) is 25.0 Å². The van der Waals surface area contributed by atoms with Crippen molar-refractivity contribution in [2.45, 2.75) is 37.7 Å². The Kier molecular flexibility index (Phi) is 4.90. The first kappa shape index (κ1) is 14.7. The molecule has 2 N–H and O–H groups in total. The minimum atomic E-state index is -0.778. The number of carbonyl (C=O) groups excluding carboxylic acids is 1. The zero-order chi connectivity index (χ0) is 14.4. The standard InChI is InChI=1S/C16H20FNO2/c17-14-7-3-2-6-13(14)8-9-15(19)18-12-16(20)10-4-1-5-11-16/h2-3,6-9,20H,1,4-5,10-12H2,(H,18,19). The van der Waals surface area contributed by atoms with Crippen molar-refractivity contribution in [3.05, 3.63) is 41.7 Å². The quantitative estimate of drug-likeness (QED) is 0.831. The largest absolute Gasteiger partial charge is 0.388 e. The molecule has 1 fully saturated rings. The molecule has 1 saturated carbocycles. The van der Waals surface area contributed by atoms with E-state index in [1.54, 1.807) is 18.2 Å². The fourth-order valence-electron chi connectivity index (χ4n) is 2.47. The maximum absolute atomic E-state index is 13.4. The monoisotopic (exact) mass is 277 g/mol. The number of aliphatic hydroxyl groups is 1. The molecule has 20 heavy (non-hydrogen) atoms. The summed E-state index contributed by atoms with van der Waals surface area (Å²) < 4.78 is 13.4. The van der Waals surface area contributed by atoms with Crippen LogP contribution in [0.2, 0.25) is 0 Å². The van der Waals surface area contributed by atoms with Crippen molar-refractivity contribution in [3.8, 4) is 0 Å². The molecule has 0 spiro atoms. The van der Waals surface area contributed by atoms with Gasteiger partial charge in [0.1, 0.15) is 5.82 Å². The van der Waals surface area contributed by atoms with Gasteiger partial charge in [-0.2, -0.15) is 0 Å². The molecule has 1 amide bonds. The summed E-state index contributed by atoms with van der Waals surface area (Å²) in [6, 6.07) is 6.27. The number of rotatable bonds is 4. The molecule has 0 aromatic heterocycles. The van der Waals surface area contributed by atoms with Gasteiger partial charge in [0.05, 0.1) is 5.60 Å². The van der Waals surface area contributed by atoms with Crippen LogP contribution in [0.15, 0.2) is 30.3 Å². The third-order valence-electron chi connectivity index (χ3n) is 3.70. The van der Waals surface area contributed by atoms with E-state index in [-0.39, 0.29) is 18.3 Å². The molecule has 1 aliphatic rings. The number of halogens is 1. The average molecular weight is 277 g/mol. The first-order chi connectivity index (χ1) is 9.59. The van der Waals surface area contributed by atoms with Crippen LogP contribution in [-0.2, 0) is 4.79 Å².